The summed E-state index contributed by atoms with van der Waals surface area (Å²) in [7, 11) is 0. The lowest BCUT2D eigenvalue weighted by Gasteiger charge is -2.25. The Morgan fingerprint density at radius 2 is 1.93 bits per heavy atom. The van der Waals surface area contributed by atoms with Crippen LogP contribution in [-0.2, 0) is 5.41 Å². The van der Waals surface area contributed by atoms with E-state index in [4.69, 9.17) is 5.26 Å². The predicted molar refractivity (Wildman–Crippen MR) is 65.7 cm³/mol. The van der Waals surface area contributed by atoms with E-state index in [1.165, 1.54) is 5.56 Å². The molecule has 0 saturated heterocycles. The molecule has 0 saturated carbocycles. The zero-order chi connectivity index (χ0) is 11.3. The lowest BCUT2D eigenvalue weighted by Crippen LogP contribution is -2.33. The minimum absolute atomic E-state index is 0.0531. The van der Waals surface area contributed by atoms with Crippen molar-refractivity contribution in [3.8, 4) is 6.07 Å². The van der Waals surface area contributed by atoms with Gasteiger partial charge < -0.3 is 5.32 Å². The van der Waals surface area contributed by atoms with Crippen LogP contribution in [0.3, 0.4) is 0 Å². The first-order chi connectivity index (χ1) is 7.06. The van der Waals surface area contributed by atoms with E-state index in [0.717, 1.165) is 11.0 Å². The molecule has 0 aliphatic heterocycles. The van der Waals surface area contributed by atoms with Crippen LogP contribution in [-0.4, -0.2) is 13.1 Å². The summed E-state index contributed by atoms with van der Waals surface area (Å²) in [6, 6.07) is 10.4. The molecule has 0 spiro atoms. The van der Waals surface area contributed by atoms with Gasteiger partial charge in [0.1, 0.15) is 0 Å². The largest absolute Gasteiger partial charge is 0.304 e. The van der Waals surface area contributed by atoms with Gasteiger partial charge in [-0.1, -0.05) is 41.9 Å². The van der Waals surface area contributed by atoms with Crippen molar-refractivity contribution in [2.24, 2.45) is 0 Å². The Labute approximate surface area is 99.4 Å². The van der Waals surface area contributed by atoms with Crippen molar-refractivity contribution >= 4 is 15.9 Å². The second-order valence-corrected chi connectivity index (χ2v) is 5.07. The van der Waals surface area contributed by atoms with Gasteiger partial charge in [0.2, 0.25) is 0 Å². The fourth-order valence-corrected chi connectivity index (χ4v) is 1.70. The number of nitrogens with one attached hydrogen (secondary N) is 1. The Morgan fingerprint density at radius 3 is 2.47 bits per heavy atom. The molecule has 0 radical (unpaired) electrons. The molecule has 80 valence electrons. The van der Waals surface area contributed by atoms with Crippen LogP contribution >= 0.6 is 15.9 Å². The van der Waals surface area contributed by atoms with Crippen LogP contribution < -0.4 is 5.32 Å². The Morgan fingerprint density at radius 1 is 1.33 bits per heavy atom. The molecule has 0 fully saturated rings. The van der Waals surface area contributed by atoms with Crippen molar-refractivity contribution in [3.05, 3.63) is 34.3 Å². The Balaban J connectivity index is 2.68. The summed E-state index contributed by atoms with van der Waals surface area (Å²) in [4.78, 5) is 0. The molecule has 2 nitrogen and oxygen atoms in total. The Hall–Kier alpha value is -0.850. The standard InChI is InChI=1S/C12H15BrN2/c1-12(2,9-15-8-7-14)10-3-5-11(13)6-4-10/h3-6,15H,8-9H2,1-2H3. The highest BCUT2D eigenvalue weighted by Crippen LogP contribution is 2.23. The number of nitriles is 1. The number of hydrogen-bond donors (Lipinski definition) is 1. The highest BCUT2D eigenvalue weighted by atomic mass is 79.9. The highest BCUT2D eigenvalue weighted by Gasteiger charge is 2.19. The minimum atomic E-state index is 0.0531. The van der Waals surface area contributed by atoms with E-state index in [0.29, 0.717) is 6.54 Å². The molecule has 0 aliphatic rings. The molecule has 0 atom stereocenters. The third-order valence-electron chi connectivity index (χ3n) is 2.40. The molecule has 1 aromatic rings. The van der Waals surface area contributed by atoms with Gasteiger partial charge in [-0.3, -0.25) is 0 Å². The second-order valence-electron chi connectivity index (χ2n) is 4.15. The molecule has 1 aromatic carbocycles. The average molecular weight is 267 g/mol. The maximum absolute atomic E-state index is 8.45. The normalized spacial score (nSPS) is 11.1. The topological polar surface area (TPSA) is 35.8 Å². The summed E-state index contributed by atoms with van der Waals surface area (Å²) in [6.07, 6.45) is 0. The lowest BCUT2D eigenvalue weighted by molar-refractivity contribution is 0.485. The molecular weight excluding hydrogens is 252 g/mol. The van der Waals surface area contributed by atoms with Gasteiger partial charge in [0.15, 0.2) is 0 Å². The molecule has 0 aromatic heterocycles. The maximum atomic E-state index is 8.45. The molecule has 15 heavy (non-hydrogen) atoms. The summed E-state index contributed by atoms with van der Waals surface area (Å²) in [6.45, 7) is 5.55. The van der Waals surface area contributed by atoms with E-state index >= 15 is 0 Å². The SMILES string of the molecule is CC(C)(CNCC#N)c1ccc(Br)cc1. The summed E-state index contributed by atoms with van der Waals surface area (Å²) in [5.41, 5.74) is 1.33. The van der Waals surface area contributed by atoms with Gasteiger partial charge in [-0.25, -0.2) is 0 Å². The van der Waals surface area contributed by atoms with Crippen LogP contribution in [0.1, 0.15) is 19.4 Å². The minimum Gasteiger partial charge on any atom is -0.304 e. The molecule has 3 heteroatoms. The molecule has 0 unspecified atom stereocenters. The molecule has 0 amide bonds. The lowest BCUT2D eigenvalue weighted by atomic mass is 9.85. The monoisotopic (exact) mass is 266 g/mol. The van der Waals surface area contributed by atoms with Crippen molar-refractivity contribution in [3.63, 3.8) is 0 Å². The van der Waals surface area contributed by atoms with Gasteiger partial charge in [0.25, 0.3) is 0 Å². The van der Waals surface area contributed by atoms with Crippen molar-refractivity contribution in [2.75, 3.05) is 13.1 Å². The van der Waals surface area contributed by atoms with E-state index in [1.54, 1.807) is 0 Å². The number of nitrogens with zero attached hydrogens (tertiary/aromatic N) is 1. The van der Waals surface area contributed by atoms with Crippen LogP contribution in [0, 0.1) is 11.3 Å². The number of halogens is 1. The fourth-order valence-electron chi connectivity index (χ4n) is 1.43. The smallest absolute Gasteiger partial charge is 0.0841 e. The maximum Gasteiger partial charge on any atom is 0.0841 e. The molecule has 1 N–H and O–H groups in total. The first-order valence-corrected chi connectivity index (χ1v) is 5.69. The highest BCUT2D eigenvalue weighted by molar-refractivity contribution is 9.10. The van der Waals surface area contributed by atoms with E-state index < -0.39 is 0 Å². The number of rotatable bonds is 4. The quantitative estimate of drug-likeness (QED) is 0.672. The third-order valence-corrected chi connectivity index (χ3v) is 2.93. The van der Waals surface area contributed by atoms with Gasteiger partial charge >= 0.3 is 0 Å². The average Bonchev–Trinajstić information content (AvgIpc) is 2.18. The summed E-state index contributed by atoms with van der Waals surface area (Å²) in [5.74, 6) is 0. The van der Waals surface area contributed by atoms with Crippen molar-refractivity contribution in [1.82, 2.24) is 5.32 Å². The molecule has 0 aliphatic carbocycles. The first-order valence-electron chi connectivity index (χ1n) is 4.90. The van der Waals surface area contributed by atoms with Gasteiger partial charge in [-0.2, -0.15) is 5.26 Å². The molecular formula is C12H15BrN2. The van der Waals surface area contributed by atoms with Crippen molar-refractivity contribution in [1.29, 1.82) is 5.26 Å². The number of benzene rings is 1. The molecule has 0 heterocycles. The van der Waals surface area contributed by atoms with Gasteiger partial charge in [-0.05, 0) is 17.7 Å². The van der Waals surface area contributed by atoms with Crippen molar-refractivity contribution < 1.29 is 0 Å². The molecule has 0 bridgehead atoms. The Kier molecular flexibility index (Phi) is 4.31. The van der Waals surface area contributed by atoms with E-state index in [9.17, 15) is 0 Å². The van der Waals surface area contributed by atoms with E-state index in [2.05, 4.69) is 53.3 Å². The van der Waals surface area contributed by atoms with E-state index in [1.807, 2.05) is 12.1 Å². The third kappa shape index (κ3) is 3.65. The van der Waals surface area contributed by atoms with E-state index in [-0.39, 0.29) is 5.41 Å². The van der Waals surface area contributed by atoms with Crippen LogP contribution in [0.2, 0.25) is 0 Å². The zero-order valence-electron chi connectivity index (χ0n) is 9.05. The van der Waals surface area contributed by atoms with Gasteiger partial charge in [0.05, 0.1) is 12.6 Å². The van der Waals surface area contributed by atoms with Gasteiger partial charge in [0, 0.05) is 16.4 Å². The van der Waals surface area contributed by atoms with Crippen LogP contribution in [0.15, 0.2) is 28.7 Å². The van der Waals surface area contributed by atoms with Crippen LogP contribution in [0.4, 0.5) is 0 Å². The zero-order valence-corrected chi connectivity index (χ0v) is 10.6. The van der Waals surface area contributed by atoms with Gasteiger partial charge in [-0.15, -0.1) is 0 Å². The second kappa shape index (κ2) is 5.29. The van der Waals surface area contributed by atoms with Crippen molar-refractivity contribution in [2.45, 2.75) is 19.3 Å². The summed E-state index contributed by atoms with van der Waals surface area (Å²) in [5, 5.41) is 11.6. The predicted octanol–water partition coefficient (Wildman–Crippen LogP) is 2.84. The first kappa shape index (κ1) is 12.2. The Bertz CT molecular complexity index is 349. The van der Waals surface area contributed by atoms with Crippen LogP contribution in [0.5, 0.6) is 0 Å². The summed E-state index contributed by atoms with van der Waals surface area (Å²) >= 11 is 3.42. The fraction of sp³-hybridized carbons (Fsp3) is 0.417. The summed E-state index contributed by atoms with van der Waals surface area (Å²) < 4.78 is 1.09. The molecule has 1 rings (SSSR count). The van der Waals surface area contributed by atoms with Crippen LogP contribution in [0.25, 0.3) is 0 Å². The number of hydrogen-bond acceptors (Lipinski definition) is 2.